The largest absolute Gasteiger partial charge is 0.497 e. The summed E-state index contributed by atoms with van der Waals surface area (Å²) in [5.41, 5.74) is 7.61. The Morgan fingerprint density at radius 2 is 1.72 bits per heavy atom. The van der Waals surface area contributed by atoms with Crippen molar-refractivity contribution in [2.45, 2.75) is 45.1 Å². The standard InChI is InChI=1S/C36H35Cl2N2OS2/c1-5-39-30-21-27(37)11-15-32(30)42-34(39)17-9-25-19-23(3)20-26(36(25)24-7-13-29(41-4)14-8-24)10-18-35-40(6-2)31-22-28(38)12-16-33(31)43-35/h7-18,21-23H,5-6,19-20H2,1-4H3/q+1. The lowest BCUT2D eigenvalue weighted by atomic mass is 9.78. The first-order valence-electron chi connectivity index (χ1n) is 14.7. The minimum Gasteiger partial charge on any atom is -0.497 e. The van der Waals surface area contributed by atoms with Gasteiger partial charge in [0.2, 0.25) is 5.52 Å². The van der Waals surface area contributed by atoms with Crippen LogP contribution in [0.2, 0.25) is 10.0 Å². The van der Waals surface area contributed by atoms with Crippen molar-refractivity contribution in [3.05, 3.63) is 116 Å². The predicted octanol–water partition coefficient (Wildman–Crippen LogP) is 10.8. The van der Waals surface area contributed by atoms with Crippen molar-refractivity contribution in [3.8, 4) is 5.75 Å². The van der Waals surface area contributed by atoms with Gasteiger partial charge < -0.3 is 9.64 Å². The van der Waals surface area contributed by atoms with Gasteiger partial charge in [-0.1, -0.05) is 77.5 Å². The van der Waals surface area contributed by atoms with Gasteiger partial charge in [0, 0.05) is 33.6 Å². The number of benzene rings is 3. The molecular weight excluding hydrogens is 611 g/mol. The van der Waals surface area contributed by atoms with E-state index in [4.69, 9.17) is 27.9 Å². The molecule has 6 rings (SSSR count). The van der Waals surface area contributed by atoms with E-state index in [1.165, 1.54) is 53.1 Å². The van der Waals surface area contributed by atoms with Crippen LogP contribution >= 0.6 is 46.3 Å². The number of thiazole rings is 1. The number of rotatable bonds is 7. The molecular formula is C36H35Cl2N2OS2+. The Bertz CT molecular complexity index is 1800. The zero-order valence-electron chi connectivity index (χ0n) is 24.9. The van der Waals surface area contributed by atoms with E-state index >= 15 is 0 Å². The molecule has 2 heterocycles. The Morgan fingerprint density at radius 3 is 2.47 bits per heavy atom. The third-order valence-corrected chi connectivity index (χ3v) is 10.8. The van der Waals surface area contributed by atoms with Crippen LogP contribution in [0.4, 0.5) is 5.69 Å². The monoisotopic (exact) mass is 645 g/mol. The molecule has 1 aromatic heterocycles. The summed E-state index contributed by atoms with van der Waals surface area (Å²) >= 11 is 16.3. The summed E-state index contributed by atoms with van der Waals surface area (Å²) in [7, 11) is 1.72. The molecule has 0 spiro atoms. The molecule has 3 aromatic carbocycles. The average Bonchev–Trinajstić information content (AvgIpc) is 3.54. The van der Waals surface area contributed by atoms with Gasteiger partial charge in [-0.25, -0.2) is 0 Å². The summed E-state index contributed by atoms with van der Waals surface area (Å²) in [6, 6.07) is 20.8. The fourth-order valence-electron chi connectivity index (χ4n) is 6.06. The van der Waals surface area contributed by atoms with E-state index in [1.54, 1.807) is 7.11 Å². The van der Waals surface area contributed by atoms with E-state index in [0.29, 0.717) is 5.92 Å². The number of fused-ring (bicyclic) bond motifs is 2. The third kappa shape index (κ3) is 6.19. The molecule has 3 nitrogen and oxygen atoms in total. The van der Waals surface area contributed by atoms with Crippen LogP contribution in [0.5, 0.6) is 5.75 Å². The van der Waals surface area contributed by atoms with Gasteiger partial charge in [0.1, 0.15) is 17.0 Å². The van der Waals surface area contributed by atoms with Crippen molar-refractivity contribution < 1.29 is 9.30 Å². The minimum absolute atomic E-state index is 0.528. The fraction of sp³-hybridized carbons (Fsp3) is 0.250. The van der Waals surface area contributed by atoms with Crippen LogP contribution in [0.3, 0.4) is 0 Å². The molecule has 0 saturated carbocycles. The first kappa shape index (κ1) is 30.1. The second-order valence-corrected chi connectivity index (χ2v) is 13.9. The van der Waals surface area contributed by atoms with Crippen LogP contribution in [-0.4, -0.2) is 13.7 Å². The Labute approximate surface area is 272 Å². The van der Waals surface area contributed by atoms with Crippen molar-refractivity contribution in [2.24, 2.45) is 5.92 Å². The number of hydrogen-bond acceptors (Lipinski definition) is 4. The highest BCUT2D eigenvalue weighted by atomic mass is 35.5. The van der Waals surface area contributed by atoms with Gasteiger partial charge in [-0.2, -0.15) is 4.57 Å². The Kier molecular flexibility index (Phi) is 9.06. The summed E-state index contributed by atoms with van der Waals surface area (Å²) in [5, 5.41) is 3.99. The molecule has 0 amide bonds. The van der Waals surface area contributed by atoms with Crippen molar-refractivity contribution in [3.63, 3.8) is 0 Å². The lowest BCUT2D eigenvalue weighted by Crippen LogP contribution is -2.33. The first-order chi connectivity index (χ1) is 20.9. The van der Waals surface area contributed by atoms with E-state index in [9.17, 15) is 0 Å². The Balaban J connectivity index is 1.45. The molecule has 1 aliphatic heterocycles. The fourth-order valence-corrected chi connectivity index (χ4v) is 8.61. The molecule has 0 bridgehead atoms. The predicted molar refractivity (Wildman–Crippen MR) is 187 cm³/mol. The number of methoxy groups -OCH3 is 1. The molecule has 220 valence electrons. The Morgan fingerprint density at radius 1 is 0.953 bits per heavy atom. The van der Waals surface area contributed by atoms with E-state index in [1.807, 2.05) is 35.2 Å². The molecule has 0 saturated heterocycles. The van der Waals surface area contributed by atoms with Crippen LogP contribution < -0.4 is 14.2 Å². The smallest absolute Gasteiger partial charge is 0.262 e. The highest BCUT2D eigenvalue weighted by Gasteiger charge is 2.26. The minimum atomic E-state index is 0.528. The number of hydrogen-bond donors (Lipinski definition) is 0. The van der Waals surface area contributed by atoms with Crippen molar-refractivity contribution >= 4 is 73.9 Å². The summed E-state index contributed by atoms with van der Waals surface area (Å²) in [5.74, 6) is 1.39. The maximum atomic E-state index is 6.36. The van der Waals surface area contributed by atoms with Crippen LogP contribution in [0.15, 0.2) is 100.0 Å². The lowest BCUT2D eigenvalue weighted by Gasteiger charge is -2.27. The summed E-state index contributed by atoms with van der Waals surface area (Å²) in [6.07, 6.45) is 11.3. The number of nitrogens with zero attached hydrogens (tertiary/aromatic N) is 2. The van der Waals surface area contributed by atoms with E-state index in [-0.39, 0.29) is 0 Å². The first-order valence-corrected chi connectivity index (χ1v) is 17.1. The molecule has 0 radical (unpaired) electrons. The van der Waals surface area contributed by atoms with Gasteiger partial charge in [-0.3, -0.25) is 0 Å². The van der Waals surface area contributed by atoms with Gasteiger partial charge in [0.05, 0.1) is 17.8 Å². The number of aromatic nitrogens is 1. The molecule has 0 fully saturated rings. The van der Waals surface area contributed by atoms with Crippen LogP contribution in [-0.2, 0) is 6.54 Å². The molecule has 0 N–H and O–H groups in total. The van der Waals surface area contributed by atoms with Crippen molar-refractivity contribution in [2.75, 3.05) is 18.6 Å². The molecule has 1 unspecified atom stereocenters. The zero-order chi connectivity index (χ0) is 30.1. The van der Waals surface area contributed by atoms with E-state index in [0.717, 1.165) is 41.7 Å². The highest BCUT2D eigenvalue weighted by Crippen LogP contribution is 2.47. The summed E-state index contributed by atoms with van der Waals surface area (Å²) < 4.78 is 9.09. The number of thioether (sulfide) groups is 1. The van der Waals surface area contributed by atoms with Crippen molar-refractivity contribution in [1.82, 2.24) is 0 Å². The molecule has 43 heavy (non-hydrogen) atoms. The zero-order valence-corrected chi connectivity index (χ0v) is 28.0. The average molecular weight is 647 g/mol. The van der Waals surface area contributed by atoms with Gasteiger partial charge in [-0.15, -0.1) is 0 Å². The van der Waals surface area contributed by atoms with Crippen molar-refractivity contribution in [1.29, 1.82) is 0 Å². The van der Waals surface area contributed by atoms with E-state index < -0.39 is 0 Å². The number of aryl methyl sites for hydroxylation is 1. The van der Waals surface area contributed by atoms with Crippen LogP contribution in [0.25, 0.3) is 21.9 Å². The molecule has 1 aliphatic carbocycles. The van der Waals surface area contributed by atoms with Gasteiger partial charge in [0.15, 0.2) is 0 Å². The second kappa shape index (κ2) is 13.0. The number of anilines is 1. The Hall–Kier alpha value is -2.96. The third-order valence-electron chi connectivity index (χ3n) is 8.03. The summed E-state index contributed by atoms with van der Waals surface area (Å²) in [4.78, 5) is 3.60. The van der Waals surface area contributed by atoms with Gasteiger partial charge >= 0.3 is 0 Å². The number of allylic oxidation sites excluding steroid dienone is 6. The van der Waals surface area contributed by atoms with Gasteiger partial charge in [0.25, 0.3) is 5.01 Å². The van der Waals surface area contributed by atoms with Crippen LogP contribution in [0, 0.1) is 5.92 Å². The quantitative estimate of drug-likeness (QED) is 0.186. The number of halogens is 2. The maximum absolute atomic E-state index is 6.36. The SMILES string of the molecule is CCN1/C(=C/C=C2\CC(C)CC(/C=C/c3sc4ccc(Cl)cc4[n+]3CC)=C2c2ccc(OC)cc2)Sc2ccc(Cl)cc21. The second-order valence-electron chi connectivity index (χ2n) is 10.9. The molecule has 7 heteroatoms. The normalized spacial score (nSPS) is 18.9. The topological polar surface area (TPSA) is 16.4 Å². The molecule has 4 aromatic rings. The maximum Gasteiger partial charge on any atom is 0.262 e. The number of ether oxygens (including phenoxy) is 1. The molecule has 1 atom stereocenters. The summed E-state index contributed by atoms with van der Waals surface area (Å²) in [6.45, 7) is 8.51. The van der Waals surface area contributed by atoms with E-state index in [2.05, 4.69) is 103 Å². The highest BCUT2D eigenvalue weighted by molar-refractivity contribution is 8.03. The lowest BCUT2D eigenvalue weighted by molar-refractivity contribution is -0.665. The van der Waals surface area contributed by atoms with Crippen LogP contribution in [0.1, 0.15) is 44.2 Å². The molecule has 2 aliphatic rings. The van der Waals surface area contributed by atoms with Gasteiger partial charge in [-0.05, 0) is 103 Å².